The number of piperidine rings is 1. The smallest absolute Gasteiger partial charge is 0.283 e. The number of hydrogen-bond donors (Lipinski definition) is 0. The molecule has 0 aromatic heterocycles. The van der Waals surface area contributed by atoms with Crippen LogP contribution in [0.15, 0.2) is 35.0 Å². The first-order valence-corrected chi connectivity index (χ1v) is 8.54. The van der Waals surface area contributed by atoms with Crippen LogP contribution in [0.1, 0.15) is 38.2 Å². The minimum Gasteiger partial charge on any atom is -0.363 e. The Morgan fingerprint density at radius 3 is 2.48 bits per heavy atom. The average Bonchev–Trinajstić information content (AvgIpc) is 2.78. The molecule has 0 radical (unpaired) electrons. The topological polar surface area (TPSA) is 40.6 Å². The lowest BCUT2D eigenvalue weighted by atomic mass is 9.99. The number of imide groups is 1. The molecule has 1 unspecified atom stereocenters. The molecule has 5 heteroatoms. The first-order valence-electron chi connectivity index (χ1n) is 8.16. The third-order valence-electron chi connectivity index (χ3n) is 4.68. The molecule has 2 heterocycles. The van der Waals surface area contributed by atoms with Crippen molar-refractivity contribution in [2.24, 2.45) is 0 Å². The van der Waals surface area contributed by atoms with Crippen molar-refractivity contribution in [1.82, 2.24) is 4.90 Å². The van der Waals surface area contributed by atoms with Gasteiger partial charge in [-0.3, -0.25) is 9.59 Å². The van der Waals surface area contributed by atoms with Gasteiger partial charge in [-0.05, 0) is 44.7 Å². The molecule has 0 N–H and O–H groups in total. The van der Waals surface area contributed by atoms with E-state index in [1.54, 1.807) is 12.1 Å². The first-order chi connectivity index (χ1) is 11.0. The SMILES string of the molecule is CCC1CCCCN1C1=C(Cl)C(=O)N(c2ccc(C)cc2)C1=O. The molecule has 1 atom stereocenters. The van der Waals surface area contributed by atoms with Gasteiger partial charge in [-0.1, -0.05) is 36.2 Å². The summed E-state index contributed by atoms with van der Waals surface area (Å²) in [6.45, 7) is 4.86. The predicted molar refractivity (Wildman–Crippen MR) is 91.2 cm³/mol. The number of halogens is 1. The van der Waals surface area contributed by atoms with E-state index in [2.05, 4.69) is 6.92 Å². The molecule has 2 aliphatic heterocycles. The highest BCUT2D eigenvalue weighted by Gasteiger charge is 2.43. The van der Waals surface area contributed by atoms with Crippen LogP contribution < -0.4 is 4.90 Å². The van der Waals surface area contributed by atoms with Crippen LogP contribution in [0.25, 0.3) is 0 Å². The first kappa shape index (κ1) is 16.1. The zero-order valence-electron chi connectivity index (χ0n) is 13.5. The van der Waals surface area contributed by atoms with Gasteiger partial charge < -0.3 is 4.90 Å². The fourth-order valence-electron chi connectivity index (χ4n) is 3.39. The van der Waals surface area contributed by atoms with Crippen LogP contribution in [-0.4, -0.2) is 29.3 Å². The summed E-state index contributed by atoms with van der Waals surface area (Å²) >= 11 is 6.28. The molecule has 0 bridgehead atoms. The number of carbonyl (C=O) groups excluding carboxylic acids is 2. The van der Waals surface area contributed by atoms with Crippen LogP contribution in [0.2, 0.25) is 0 Å². The lowest BCUT2D eigenvalue weighted by Gasteiger charge is -2.37. The molecule has 23 heavy (non-hydrogen) atoms. The maximum absolute atomic E-state index is 12.9. The van der Waals surface area contributed by atoms with E-state index >= 15 is 0 Å². The second kappa shape index (κ2) is 6.36. The summed E-state index contributed by atoms with van der Waals surface area (Å²) in [7, 11) is 0. The van der Waals surface area contributed by atoms with Crippen molar-refractivity contribution in [2.45, 2.75) is 45.6 Å². The van der Waals surface area contributed by atoms with Crippen molar-refractivity contribution in [3.8, 4) is 0 Å². The van der Waals surface area contributed by atoms with E-state index in [-0.39, 0.29) is 17.0 Å². The second-order valence-electron chi connectivity index (χ2n) is 6.20. The number of aryl methyl sites for hydroxylation is 1. The number of nitrogens with zero attached hydrogens (tertiary/aromatic N) is 2. The zero-order chi connectivity index (χ0) is 16.6. The molecule has 0 spiro atoms. The zero-order valence-corrected chi connectivity index (χ0v) is 14.3. The normalized spacial score (nSPS) is 22.3. The van der Waals surface area contributed by atoms with Crippen molar-refractivity contribution in [3.05, 3.63) is 40.6 Å². The molecule has 122 valence electrons. The van der Waals surface area contributed by atoms with Crippen LogP contribution in [-0.2, 0) is 9.59 Å². The van der Waals surface area contributed by atoms with Gasteiger partial charge in [0.15, 0.2) is 0 Å². The molecule has 4 nitrogen and oxygen atoms in total. The summed E-state index contributed by atoms with van der Waals surface area (Å²) in [4.78, 5) is 28.7. The second-order valence-corrected chi connectivity index (χ2v) is 6.57. The number of benzene rings is 1. The van der Waals surface area contributed by atoms with Gasteiger partial charge in [-0.2, -0.15) is 0 Å². The largest absolute Gasteiger partial charge is 0.363 e. The van der Waals surface area contributed by atoms with Gasteiger partial charge in [0.05, 0.1) is 5.69 Å². The van der Waals surface area contributed by atoms with Gasteiger partial charge in [0, 0.05) is 12.6 Å². The predicted octanol–water partition coefficient (Wildman–Crippen LogP) is 3.58. The maximum atomic E-state index is 12.9. The minimum absolute atomic E-state index is 0.0518. The third-order valence-corrected chi connectivity index (χ3v) is 5.02. The van der Waals surface area contributed by atoms with Crippen LogP contribution in [0.5, 0.6) is 0 Å². The Balaban J connectivity index is 1.94. The number of anilines is 1. The summed E-state index contributed by atoms with van der Waals surface area (Å²) in [6, 6.07) is 7.62. The molecule has 2 aliphatic rings. The Kier molecular flexibility index (Phi) is 4.44. The number of rotatable bonds is 3. The van der Waals surface area contributed by atoms with E-state index in [4.69, 9.17) is 11.6 Å². The Morgan fingerprint density at radius 1 is 1.13 bits per heavy atom. The molecule has 0 aliphatic carbocycles. The molecule has 1 aromatic rings. The average molecular weight is 333 g/mol. The quantitative estimate of drug-likeness (QED) is 0.794. The van der Waals surface area contributed by atoms with Crippen molar-refractivity contribution in [2.75, 3.05) is 11.4 Å². The van der Waals surface area contributed by atoms with Crippen molar-refractivity contribution >= 4 is 29.1 Å². The summed E-state index contributed by atoms with van der Waals surface area (Å²) < 4.78 is 0. The maximum Gasteiger partial charge on any atom is 0.283 e. The Morgan fingerprint density at radius 2 is 1.83 bits per heavy atom. The number of carbonyl (C=O) groups is 2. The molecule has 1 fully saturated rings. The fraction of sp³-hybridized carbons (Fsp3) is 0.444. The van der Waals surface area contributed by atoms with Gasteiger partial charge in [-0.15, -0.1) is 0 Å². The lowest BCUT2D eigenvalue weighted by molar-refractivity contribution is -0.121. The van der Waals surface area contributed by atoms with E-state index in [1.165, 1.54) is 4.90 Å². The number of likely N-dealkylation sites (tertiary alicyclic amines) is 1. The van der Waals surface area contributed by atoms with E-state index in [0.29, 0.717) is 11.4 Å². The fourth-order valence-corrected chi connectivity index (χ4v) is 3.66. The Hall–Kier alpha value is -1.81. The van der Waals surface area contributed by atoms with Crippen molar-refractivity contribution in [1.29, 1.82) is 0 Å². The van der Waals surface area contributed by atoms with E-state index in [9.17, 15) is 9.59 Å². The van der Waals surface area contributed by atoms with Crippen LogP contribution in [0, 0.1) is 6.92 Å². The molecule has 1 aromatic carbocycles. The lowest BCUT2D eigenvalue weighted by Crippen LogP contribution is -2.42. The third kappa shape index (κ3) is 2.76. The molecular formula is C18H21ClN2O2. The van der Waals surface area contributed by atoms with Crippen LogP contribution in [0.4, 0.5) is 5.69 Å². The molecule has 2 amide bonds. The van der Waals surface area contributed by atoms with Gasteiger partial charge >= 0.3 is 0 Å². The molecular weight excluding hydrogens is 312 g/mol. The monoisotopic (exact) mass is 332 g/mol. The molecule has 1 saturated heterocycles. The van der Waals surface area contributed by atoms with E-state index < -0.39 is 5.91 Å². The van der Waals surface area contributed by atoms with E-state index in [0.717, 1.165) is 37.8 Å². The van der Waals surface area contributed by atoms with Gasteiger partial charge in [0.25, 0.3) is 11.8 Å². The van der Waals surface area contributed by atoms with Crippen molar-refractivity contribution < 1.29 is 9.59 Å². The summed E-state index contributed by atoms with van der Waals surface area (Å²) in [5.41, 5.74) is 2.03. The Labute approximate surface area is 141 Å². The summed E-state index contributed by atoms with van der Waals surface area (Å²) in [5.74, 6) is -0.722. The van der Waals surface area contributed by atoms with Crippen molar-refractivity contribution in [3.63, 3.8) is 0 Å². The summed E-state index contributed by atoms with van der Waals surface area (Å²) in [6.07, 6.45) is 4.16. The molecule has 3 rings (SSSR count). The standard InChI is InChI=1S/C18H21ClN2O2/c1-3-13-6-4-5-11-20(13)16-15(19)17(22)21(18(16)23)14-9-7-12(2)8-10-14/h7-10,13H,3-6,11H2,1-2H3. The summed E-state index contributed by atoms with van der Waals surface area (Å²) in [5, 5.41) is 0.0518. The van der Waals surface area contributed by atoms with Crippen LogP contribution >= 0.6 is 11.6 Å². The minimum atomic E-state index is -0.420. The number of amides is 2. The molecule has 0 saturated carbocycles. The van der Waals surface area contributed by atoms with Gasteiger partial charge in [-0.25, -0.2) is 4.90 Å². The van der Waals surface area contributed by atoms with Gasteiger partial charge in [0.1, 0.15) is 10.7 Å². The number of hydrogen-bond acceptors (Lipinski definition) is 3. The van der Waals surface area contributed by atoms with Gasteiger partial charge in [0.2, 0.25) is 0 Å². The highest BCUT2D eigenvalue weighted by atomic mass is 35.5. The van der Waals surface area contributed by atoms with E-state index in [1.807, 2.05) is 24.0 Å². The highest BCUT2D eigenvalue weighted by molar-refractivity contribution is 6.52. The highest BCUT2D eigenvalue weighted by Crippen LogP contribution is 2.34. The van der Waals surface area contributed by atoms with Crippen LogP contribution in [0.3, 0.4) is 0 Å². The Bertz CT molecular complexity index is 666.